The summed E-state index contributed by atoms with van der Waals surface area (Å²) in [7, 11) is 1.53. The quantitative estimate of drug-likeness (QED) is 0.929. The van der Waals surface area contributed by atoms with Gasteiger partial charge in [0.15, 0.2) is 12.4 Å². The van der Waals surface area contributed by atoms with E-state index < -0.39 is 12.8 Å². The summed E-state index contributed by atoms with van der Waals surface area (Å²) < 4.78 is 45.3. The second-order valence-electron chi connectivity index (χ2n) is 3.60. The number of benzene rings is 1. The molecule has 0 amide bonds. The lowest BCUT2D eigenvalue weighted by Crippen LogP contribution is -2.19. The van der Waals surface area contributed by atoms with E-state index in [2.05, 4.69) is 19.9 Å². The van der Waals surface area contributed by atoms with E-state index in [4.69, 9.17) is 4.74 Å². The molecule has 1 N–H and O–H groups in total. The first-order valence-corrected chi connectivity index (χ1v) is 5.24. The van der Waals surface area contributed by atoms with Crippen molar-refractivity contribution in [3.05, 3.63) is 24.3 Å². The molecule has 19 heavy (non-hydrogen) atoms. The first kappa shape index (κ1) is 13.2. The summed E-state index contributed by atoms with van der Waals surface area (Å²) in [5.74, 6) is 0.983. The van der Waals surface area contributed by atoms with E-state index in [1.54, 1.807) is 24.3 Å². The minimum atomic E-state index is -4.42. The van der Waals surface area contributed by atoms with Crippen molar-refractivity contribution < 1.29 is 22.6 Å². The number of rotatable bonds is 4. The van der Waals surface area contributed by atoms with Gasteiger partial charge in [0.05, 0.1) is 7.11 Å². The van der Waals surface area contributed by atoms with Crippen LogP contribution in [0.3, 0.4) is 0 Å². The number of hydrogen-bond donors (Lipinski definition) is 1. The van der Waals surface area contributed by atoms with Gasteiger partial charge in [-0.25, -0.2) is 0 Å². The van der Waals surface area contributed by atoms with E-state index >= 15 is 0 Å². The lowest BCUT2D eigenvalue weighted by molar-refractivity contribution is -0.154. The Kier molecular flexibility index (Phi) is 3.59. The maximum Gasteiger partial charge on any atom is 0.422 e. The van der Waals surface area contributed by atoms with Crippen LogP contribution in [0.15, 0.2) is 24.3 Å². The minimum Gasteiger partial charge on any atom is -0.497 e. The Morgan fingerprint density at radius 3 is 2.47 bits per heavy atom. The van der Waals surface area contributed by atoms with E-state index in [1.165, 1.54) is 7.11 Å². The minimum absolute atomic E-state index is 0.319. The number of ether oxygens (including phenoxy) is 2. The highest BCUT2D eigenvalue weighted by Gasteiger charge is 2.29. The normalized spacial score (nSPS) is 11.4. The molecule has 1 heterocycles. The molecule has 102 valence electrons. The number of methoxy groups -OCH3 is 1. The molecule has 2 aromatic rings. The van der Waals surface area contributed by atoms with E-state index in [0.717, 1.165) is 0 Å². The Balaban J connectivity index is 2.07. The Bertz CT molecular complexity index is 537. The van der Waals surface area contributed by atoms with Crippen LogP contribution < -0.4 is 9.47 Å². The van der Waals surface area contributed by atoms with Crippen LogP contribution in [0.25, 0.3) is 11.4 Å². The van der Waals surface area contributed by atoms with Crippen molar-refractivity contribution >= 4 is 0 Å². The molecule has 0 radical (unpaired) electrons. The van der Waals surface area contributed by atoms with Crippen molar-refractivity contribution in [3.63, 3.8) is 0 Å². The molecule has 1 aromatic carbocycles. The van der Waals surface area contributed by atoms with E-state index in [1.807, 2.05) is 0 Å². The third kappa shape index (κ3) is 3.60. The average molecular weight is 273 g/mol. The number of aromatic nitrogens is 3. The second kappa shape index (κ2) is 5.17. The molecule has 0 saturated heterocycles. The van der Waals surface area contributed by atoms with Gasteiger partial charge in [0, 0.05) is 5.56 Å². The molecule has 0 aliphatic carbocycles. The number of aromatic amines is 1. The third-order valence-electron chi connectivity index (χ3n) is 2.19. The smallest absolute Gasteiger partial charge is 0.422 e. The molecule has 8 heteroatoms. The van der Waals surface area contributed by atoms with Crippen molar-refractivity contribution in [1.82, 2.24) is 15.2 Å². The fourth-order valence-electron chi connectivity index (χ4n) is 1.34. The topological polar surface area (TPSA) is 60.0 Å². The van der Waals surface area contributed by atoms with Crippen molar-refractivity contribution in [2.45, 2.75) is 6.18 Å². The van der Waals surface area contributed by atoms with Crippen LogP contribution in [0.1, 0.15) is 0 Å². The zero-order valence-electron chi connectivity index (χ0n) is 9.86. The van der Waals surface area contributed by atoms with Gasteiger partial charge < -0.3 is 9.47 Å². The molecule has 0 spiro atoms. The number of nitrogens with one attached hydrogen (secondary N) is 1. The highest BCUT2D eigenvalue weighted by atomic mass is 19.4. The summed E-state index contributed by atoms with van der Waals surface area (Å²) in [4.78, 5) is 3.81. The van der Waals surface area contributed by atoms with Crippen LogP contribution in [-0.2, 0) is 0 Å². The average Bonchev–Trinajstić information content (AvgIpc) is 2.84. The molecular weight excluding hydrogens is 263 g/mol. The van der Waals surface area contributed by atoms with Crippen LogP contribution >= 0.6 is 0 Å². The molecule has 0 bridgehead atoms. The Hall–Kier alpha value is -2.25. The number of hydrogen-bond acceptors (Lipinski definition) is 4. The molecule has 0 unspecified atom stereocenters. The first-order chi connectivity index (χ1) is 8.98. The summed E-state index contributed by atoms with van der Waals surface area (Å²) in [6.07, 6.45) is -4.42. The fraction of sp³-hybridized carbons (Fsp3) is 0.273. The highest BCUT2D eigenvalue weighted by Crippen LogP contribution is 2.21. The maximum atomic E-state index is 11.9. The van der Waals surface area contributed by atoms with Gasteiger partial charge in [0.2, 0.25) is 0 Å². The molecule has 0 aliphatic heterocycles. The predicted octanol–water partition coefficient (Wildman–Crippen LogP) is 2.42. The molecule has 1 aromatic heterocycles. The molecule has 2 rings (SSSR count). The summed E-state index contributed by atoms with van der Waals surface area (Å²) >= 11 is 0. The van der Waals surface area contributed by atoms with Gasteiger partial charge in [0.25, 0.3) is 0 Å². The van der Waals surface area contributed by atoms with E-state index in [9.17, 15) is 13.2 Å². The largest absolute Gasteiger partial charge is 0.497 e. The van der Waals surface area contributed by atoms with E-state index in [-0.39, 0.29) is 6.01 Å². The standard InChI is InChI=1S/C11H10F3N3O2/c1-18-8-4-2-7(3-5-8)9-15-10(17-16-9)19-6-11(12,13)14/h2-5H,6H2,1H3,(H,15,16,17). The van der Waals surface area contributed by atoms with Gasteiger partial charge in [-0.15, -0.1) is 5.10 Å². The van der Waals surface area contributed by atoms with Gasteiger partial charge in [-0.3, -0.25) is 5.10 Å². The van der Waals surface area contributed by atoms with Crippen LogP contribution in [0.5, 0.6) is 11.8 Å². The number of H-pyrrole nitrogens is 1. The zero-order chi connectivity index (χ0) is 13.9. The monoisotopic (exact) mass is 273 g/mol. The molecular formula is C11H10F3N3O2. The Morgan fingerprint density at radius 1 is 1.21 bits per heavy atom. The Labute approximate surface area is 106 Å². The van der Waals surface area contributed by atoms with Gasteiger partial charge in [0.1, 0.15) is 5.75 Å². The SMILES string of the molecule is COc1ccc(-c2nc(OCC(F)(F)F)n[nH]2)cc1. The van der Waals surface area contributed by atoms with Crippen molar-refractivity contribution in [2.24, 2.45) is 0 Å². The van der Waals surface area contributed by atoms with Crippen LogP contribution in [0.4, 0.5) is 13.2 Å². The summed E-state index contributed by atoms with van der Waals surface area (Å²) in [6, 6.07) is 6.46. The van der Waals surface area contributed by atoms with Gasteiger partial charge >= 0.3 is 12.2 Å². The van der Waals surface area contributed by atoms with Crippen LogP contribution in [0.2, 0.25) is 0 Å². The molecule has 5 nitrogen and oxygen atoms in total. The van der Waals surface area contributed by atoms with Gasteiger partial charge in [-0.05, 0) is 24.3 Å². The first-order valence-electron chi connectivity index (χ1n) is 5.24. The van der Waals surface area contributed by atoms with Gasteiger partial charge in [-0.1, -0.05) is 0 Å². The second-order valence-corrected chi connectivity index (χ2v) is 3.60. The van der Waals surface area contributed by atoms with Crippen molar-refractivity contribution in [1.29, 1.82) is 0 Å². The number of alkyl halides is 3. The molecule has 0 saturated carbocycles. The van der Waals surface area contributed by atoms with Crippen LogP contribution in [0, 0.1) is 0 Å². The third-order valence-corrected chi connectivity index (χ3v) is 2.19. The number of halogens is 3. The molecule has 0 fully saturated rings. The van der Waals surface area contributed by atoms with Crippen molar-refractivity contribution in [2.75, 3.05) is 13.7 Å². The maximum absolute atomic E-state index is 11.9. The predicted molar refractivity (Wildman–Crippen MR) is 59.9 cm³/mol. The zero-order valence-corrected chi connectivity index (χ0v) is 9.86. The highest BCUT2D eigenvalue weighted by molar-refractivity contribution is 5.56. The van der Waals surface area contributed by atoms with Crippen molar-refractivity contribution in [3.8, 4) is 23.1 Å². The molecule has 0 aliphatic rings. The molecule has 0 atom stereocenters. The lowest BCUT2D eigenvalue weighted by atomic mass is 10.2. The lowest BCUT2D eigenvalue weighted by Gasteiger charge is -2.04. The van der Waals surface area contributed by atoms with Gasteiger partial charge in [-0.2, -0.15) is 18.2 Å². The number of nitrogens with zero attached hydrogens (tertiary/aromatic N) is 2. The Morgan fingerprint density at radius 2 is 1.89 bits per heavy atom. The summed E-state index contributed by atoms with van der Waals surface area (Å²) in [5, 5.41) is 6.05. The summed E-state index contributed by atoms with van der Waals surface area (Å²) in [5.41, 5.74) is 0.662. The van der Waals surface area contributed by atoms with E-state index in [0.29, 0.717) is 17.1 Å². The summed E-state index contributed by atoms with van der Waals surface area (Å²) in [6.45, 7) is -1.42. The fourth-order valence-corrected chi connectivity index (χ4v) is 1.34. The van der Waals surface area contributed by atoms with Crippen LogP contribution in [-0.4, -0.2) is 35.1 Å².